The molecule has 10 nitrogen and oxygen atoms in total. The van der Waals surface area contributed by atoms with E-state index in [-0.39, 0.29) is 34.1 Å². The van der Waals surface area contributed by atoms with Crippen LogP contribution < -0.4 is 9.88 Å². The molecule has 0 aliphatic carbocycles. The highest BCUT2D eigenvalue weighted by molar-refractivity contribution is 7.89. The second kappa shape index (κ2) is 9.31. The molecule has 1 atom stereocenters. The largest absolute Gasteiger partial charge is 0.496 e. The highest BCUT2D eigenvalue weighted by atomic mass is 32.2. The van der Waals surface area contributed by atoms with Crippen molar-refractivity contribution in [3.05, 3.63) is 46.3 Å². The number of nitrogens with two attached hydrogens (primary N) is 1. The number of ketones is 1. The maximum atomic E-state index is 12.9. The van der Waals surface area contributed by atoms with Crippen molar-refractivity contribution in [2.75, 3.05) is 13.7 Å². The van der Waals surface area contributed by atoms with Gasteiger partial charge in [-0.1, -0.05) is 0 Å². The SMILES string of the molecule is CCOC(=O)c1c(C)[nH]c(C(=O)C(C)OC(=O)c2cc(S(N)(=O)=O)ccc2OC)c1C. The lowest BCUT2D eigenvalue weighted by Crippen LogP contribution is -2.26. The Kier molecular flexibility index (Phi) is 7.24. The van der Waals surface area contributed by atoms with Gasteiger partial charge in [0.1, 0.15) is 11.3 Å². The summed E-state index contributed by atoms with van der Waals surface area (Å²) in [5.74, 6) is -2.07. The number of rotatable bonds is 8. The van der Waals surface area contributed by atoms with Crippen molar-refractivity contribution in [3.8, 4) is 5.75 Å². The fourth-order valence-corrected chi connectivity index (χ4v) is 3.55. The minimum absolute atomic E-state index is 0.0496. The van der Waals surface area contributed by atoms with E-state index >= 15 is 0 Å². The third kappa shape index (κ3) is 5.12. The van der Waals surface area contributed by atoms with Gasteiger partial charge in [-0.25, -0.2) is 23.1 Å². The molecule has 0 bridgehead atoms. The lowest BCUT2D eigenvalue weighted by molar-refractivity contribution is 0.0313. The van der Waals surface area contributed by atoms with Gasteiger partial charge in [0.05, 0.1) is 29.9 Å². The first kappa shape index (κ1) is 24.1. The number of aryl methyl sites for hydroxylation is 1. The summed E-state index contributed by atoms with van der Waals surface area (Å²) in [6, 6.07) is 3.45. The van der Waals surface area contributed by atoms with E-state index in [1.165, 1.54) is 26.2 Å². The van der Waals surface area contributed by atoms with E-state index in [2.05, 4.69) is 4.98 Å². The third-order valence-electron chi connectivity index (χ3n) is 4.54. The molecule has 0 saturated heterocycles. The number of aromatic nitrogens is 1. The molecule has 0 radical (unpaired) electrons. The zero-order chi connectivity index (χ0) is 23.5. The van der Waals surface area contributed by atoms with E-state index in [1.807, 2.05) is 0 Å². The van der Waals surface area contributed by atoms with Crippen LogP contribution in [0, 0.1) is 13.8 Å². The number of carbonyl (C=O) groups excluding carboxylic acids is 3. The predicted molar refractivity (Wildman–Crippen MR) is 110 cm³/mol. The highest BCUT2D eigenvalue weighted by Crippen LogP contribution is 2.25. The number of aromatic amines is 1. The van der Waals surface area contributed by atoms with Crippen molar-refractivity contribution in [2.24, 2.45) is 5.14 Å². The van der Waals surface area contributed by atoms with E-state index < -0.39 is 33.8 Å². The summed E-state index contributed by atoms with van der Waals surface area (Å²) in [5, 5.41) is 5.11. The maximum Gasteiger partial charge on any atom is 0.342 e. The van der Waals surface area contributed by atoms with Gasteiger partial charge in [-0.2, -0.15) is 0 Å². The van der Waals surface area contributed by atoms with Gasteiger partial charge in [0.25, 0.3) is 0 Å². The van der Waals surface area contributed by atoms with Gasteiger partial charge in [0, 0.05) is 5.69 Å². The Morgan fingerprint density at radius 3 is 2.35 bits per heavy atom. The first-order valence-corrected chi connectivity index (χ1v) is 10.8. The van der Waals surface area contributed by atoms with Crippen LogP contribution in [0.15, 0.2) is 23.1 Å². The summed E-state index contributed by atoms with van der Waals surface area (Å²) in [7, 11) is -2.78. The van der Waals surface area contributed by atoms with Crippen LogP contribution in [0.2, 0.25) is 0 Å². The van der Waals surface area contributed by atoms with Crippen molar-refractivity contribution in [2.45, 2.75) is 38.7 Å². The Morgan fingerprint density at radius 1 is 1.16 bits per heavy atom. The van der Waals surface area contributed by atoms with E-state index in [0.717, 1.165) is 6.07 Å². The fraction of sp³-hybridized carbons (Fsp3) is 0.350. The summed E-state index contributed by atoms with van der Waals surface area (Å²) in [6.45, 7) is 6.41. The Morgan fingerprint density at radius 2 is 1.81 bits per heavy atom. The molecule has 0 aliphatic heterocycles. The molecule has 0 saturated carbocycles. The Labute approximate surface area is 179 Å². The molecule has 1 unspecified atom stereocenters. The van der Waals surface area contributed by atoms with E-state index in [1.54, 1.807) is 20.8 Å². The number of Topliss-reactive ketones (excluding diaryl/α,β-unsaturated/α-hetero) is 1. The van der Waals surface area contributed by atoms with Gasteiger partial charge in [-0.3, -0.25) is 4.79 Å². The molecule has 11 heteroatoms. The molecule has 31 heavy (non-hydrogen) atoms. The normalized spacial score (nSPS) is 12.2. The Balaban J connectivity index is 2.31. The first-order valence-electron chi connectivity index (χ1n) is 9.24. The third-order valence-corrected chi connectivity index (χ3v) is 5.45. The number of primary sulfonamides is 1. The molecule has 2 aromatic rings. The van der Waals surface area contributed by atoms with Crippen molar-refractivity contribution in [3.63, 3.8) is 0 Å². The lowest BCUT2D eigenvalue weighted by atomic mass is 10.1. The Hall–Kier alpha value is -3.18. The number of nitrogens with one attached hydrogen (secondary N) is 1. The zero-order valence-electron chi connectivity index (χ0n) is 17.8. The van der Waals surface area contributed by atoms with Crippen LogP contribution >= 0.6 is 0 Å². The molecule has 2 rings (SSSR count). The lowest BCUT2D eigenvalue weighted by Gasteiger charge is -2.14. The average molecular weight is 452 g/mol. The van der Waals surface area contributed by atoms with E-state index in [4.69, 9.17) is 19.3 Å². The number of hydrogen-bond donors (Lipinski definition) is 2. The molecule has 0 fully saturated rings. The van der Waals surface area contributed by atoms with Crippen LogP contribution in [0.5, 0.6) is 5.75 Å². The second-order valence-corrected chi connectivity index (χ2v) is 8.23. The number of hydrogen-bond acceptors (Lipinski definition) is 8. The van der Waals surface area contributed by atoms with Gasteiger partial charge in [-0.15, -0.1) is 0 Å². The number of sulfonamides is 1. The standard InChI is InChI=1S/C20H24N2O8S/c1-6-29-20(25)16-10(2)17(22-11(16)3)18(23)12(4)30-19(24)14-9-13(31(21,26)27)7-8-15(14)28-5/h7-9,12,22H,6H2,1-5H3,(H2,21,26,27). The minimum atomic E-state index is -4.07. The van der Waals surface area contributed by atoms with Gasteiger partial charge in [0.15, 0.2) is 6.10 Å². The Bertz CT molecular complexity index is 1130. The molecule has 168 valence electrons. The van der Waals surface area contributed by atoms with Crippen LogP contribution in [0.3, 0.4) is 0 Å². The molecule has 1 heterocycles. The van der Waals surface area contributed by atoms with E-state index in [9.17, 15) is 22.8 Å². The number of carbonyl (C=O) groups is 3. The van der Waals surface area contributed by atoms with Crippen LogP contribution in [0.4, 0.5) is 0 Å². The van der Waals surface area contributed by atoms with Crippen LogP contribution in [-0.2, 0) is 19.5 Å². The number of esters is 2. The van der Waals surface area contributed by atoms with Crippen molar-refractivity contribution in [1.29, 1.82) is 0 Å². The number of methoxy groups -OCH3 is 1. The molecule has 1 aromatic heterocycles. The highest BCUT2D eigenvalue weighted by Gasteiger charge is 2.29. The molecular formula is C20H24N2O8S. The van der Waals surface area contributed by atoms with Gasteiger partial charge in [0.2, 0.25) is 15.8 Å². The van der Waals surface area contributed by atoms with Crippen molar-refractivity contribution < 1.29 is 37.0 Å². The summed E-state index contributed by atoms with van der Waals surface area (Å²) >= 11 is 0. The van der Waals surface area contributed by atoms with E-state index in [0.29, 0.717) is 11.3 Å². The fourth-order valence-electron chi connectivity index (χ4n) is 3.01. The molecule has 0 amide bonds. The monoisotopic (exact) mass is 452 g/mol. The number of ether oxygens (including phenoxy) is 3. The first-order chi connectivity index (χ1) is 14.4. The van der Waals surface area contributed by atoms with Gasteiger partial charge >= 0.3 is 11.9 Å². The quantitative estimate of drug-likeness (QED) is 0.454. The summed E-state index contributed by atoms with van der Waals surface area (Å²) in [5.41, 5.74) is 0.954. The van der Waals surface area contributed by atoms with Crippen molar-refractivity contribution >= 4 is 27.7 Å². The molecule has 3 N–H and O–H groups in total. The van der Waals surface area contributed by atoms with Crippen LogP contribution in [0.1, 0.15) is 56.3 Å². The topological polar surface area (TPSA) is 155 Å². The van der Waals surface area contributed by atoms with Crippen LogP contribution in [-0.4, -0.2) is 50.9 Å². The molecule has 0 aliphatic rings. The minimum Gasteiger partial charge on any atom is -0.496 e. The summed E-state index contributed by atoms with van der Waals surface area (Å²) in [6.07, 6.45) is -1.25. The predicted octanol–water partition coefficient (Wildman–Crippen LogP) is 1.89. The molecule has 0 spiro atoms. The zero-order valence-corrected chi connectivity index (χ0v) is 18.6. The molecule has 1 aromatic carbocycles. The number of H-pyrrole nitrogens is 1. The second-order valence-electron chi connectivity index (χ2n) is 6.66. The van der Waals surface area contributed by atoms with Crippen LogP contribution in [0.25, 0.3) is 0 Å². The van der Waals surface area contributed by atoms with Gasteiger partial charge in [-0.05, 0) is 51.5 Å². The summed E-state index contributed by atoms with van der Waals surface area (Å²) in [4.78, 5) is 40.1. The summed E-state index contributed by atoms with van der Waals surface area (Å²) < 4.78 is 38.5. The van der Waals surface area contributed by atoms with Crippen molar-refractivity contribution in [1.82, 2.24) is 4.98 Å². The maximum absolute atomic E-state index is 12.9. The number of benzene rings is 1. The smallest absolute Gasteiger partial charge is 0.342 e. The molecular weight excluding hydrogens is 428 g/mol. The van der Waals surface area contributed by atoms with Gasteiger partial charge < -0.3 is 19.2 Å². The average Bonchev–Trinajstić information content (AvgIpc) is 3.00.